The zero-order valence-electron chi connectivity index (χ0n) is 21.4. The van der Waals surface area contributed by atoms with Gasteiger partial charge in [-0.3, -0.25) is 9.59 Å². The van der Waals surface area contributed by atoms with E-state index in [1.165, 1.54) is 11.1 Å². The third-order valence-electron chi connectivity index (χ3n) is 6.76. The lowest BCUT2D eigenvalue weighted by Gasteiger charge is -2.22. The van der Waals surface area contributed by atoms with Gasteiger partial charge >= 0.3 is 0 Å². The van der Waals surface area contributed by atoms with E-state index in [0.717, 1.165) is 53.2 Å². The van der Waals surface area contributed by atoms with E-state index in [9.17, 15) is 9.59 Å². The Kier molecular flexibility index (Phi) is 8.73. The molecule has 0 spiro atoms. The number of nitrogens with one attached hydrogen (secondary N) is 2. The minimum atomic E-state index is -0.00645. The van der Waals surface area contributed by atoms with Crippen LogP contribution in [0.1, 0.15) is 58.6 Å². The lowest BCUT2D eigenvalue weighted by Crippen LogP contribution is -2.30. The summed E-state index contributed by atoms with van der Waals surface area (Å²) < 4.78 is 0. The number of hydrogen-bond acceptors (Lipinski definition) is 4. The molecule has 2 aromatic carbocycles. The fraction of sp³-hybridized carbons (Fsp3) is 0.333. The fourth-order valence-electron chi connectivity index (χ4n) is 4.71. The van der Waals surface area contributed by atoms with Gasteiger partial charge in [0.25, 0.3) is 5.91 Å². The van der Waals surface area contributed by atoms with E-state index in [1.54, 1.807) is 11.3 Å². The smallest absolute Gasteiger partial charge is 0.253 e. The van der Waals surface area contributed by atoms with E-state index in [2.05, 4.69) is 34.9 Å². The minimum absolute atomic E-state index is 0.00645. The Balaban J connectivity index is 1.62. The topological polar surface area (TPSA) is 61.4 Å². The van der Waals surface area contributed by atoms with Crippen molar-refractivity contribution in [3.8, 4) is 0 Å². The molecule has 2 amide bonds. The van der Waals surface area contributed by atoms with Gasteiger partial charge in [0.15, 0.2) is 0 Å². The number of thiophene rings is 1. The van der Waals surface area contributed by atoms with E-state index in [1.807, 2.05) is 61.4 Å². The molecule has 36 heavy (non-hydrogen) atoms. The Morgan fingerprint density at radius 1 is 0.944 bits per heavy atom. The summed E-state index contributed by atoms with van der Waals surface area (Å²) in [6.45, 7) is 9.35. The molecule has 2 N–H and O–H groups in total. The highest BCUT2D eigenvalue weighted by Gasteiger charge is 2.18. The summed E-state index contributed by atoms with van der Waals surface area (Å²) in [5.41, 5.74) is 7.44. The van der Waals surface area contributed by atoms with Crippen molar-refractivity contribution >= 4 is 34.4 Å². The predicted molar refractivity (Wildman–Crippen MR) is 150 cm³/mol. The van der Waals surface area contributed by atoms with Gasteiger partial charge in [-0.15, -0.1) is 11.3 Å². The van der Waals surface area contributed by atoms with Crippen molar-refractivity contribution in [1.82, 2.24) is 10.2 Å². The summed E-state index contributed by atoms with van der Waals surface area (Å²) in [5.74, 6) is 0.0568. The summed E-state index contributed by atoms with van der Waals surface area (Å²) in [6, 6.07) is 18.2. The van der Waals surface area contributed by atoms with Crippen molar-refractivity contribution in [2.45, 2.75) is 40.0 Å². The van der Waals surface area contributed by atoms with Gasteiger partial charge in [0.2, 0.25) is 5.91 Å². The molecule has 2 heterocycles. The highest BCUT2D eigenvalue weighted by Crippen LogP contribution is 2.33. The number of piperidine rings is 1. The highest BCUT2D eigenvalue weighted by molar-refractivity contribution is 7.10. The van der Waals surface area contributed by atoms with Crippen molar-refractivity contribution < 1.29 is 9.59 Å². The molecule has 0 radical (unpaired) electrons. The van der Waals surface area contributed by atoms with Crippen LogP contribution in [0.4, 0.5) is 5.69 Å². The SMILES string of the molecule is CCN(CC)C(=O)c1ccc(C(=C2CCNCC2)c2cccc(NC(=O)Cc3sccc3C)c2)cc1. The van der Waals surface area contributed by atoms with Crippen molar-refractivity contribution in [2.24, 2.45) is 0 Å². The van der Waals surface area contributed by atoms with E-state index < -0.39 is 0 Å². The van der Waals surface area contributed by atoms with Crippen LogP contribution < -0.4 is 10.6 Å². The third-order valence-corrected chi connectivity index (χ3v) is 7.78. The van der Waals surface area contributed by atoms with Gasteiger partial charge in [-0.05, 0) is 105 Å². The number of benzene rings is 2. The molecule has 1 saturated heterocycles. The number of nitrogens with zero attached hydrogens (tertiary/aromatic N) is 1. The van der Waals surface area contributed by atoms with Gasteiger partial charge in [0.1, 0.15) is 0 Å². The van der Waals surface area contributed by atoms with E-state index in [4.69, 9.17) is 0 Å². The van der Waals surface area contributed by atoms with Gasteiger partial charge < -0.3 is 15.5 Å². The van der Waals surface area contributed by atoms with E-state index in [0.29, 0.717) is 25.1 Å². The Hall–Kier alpha value is -3.22. The first-order valence-corrected chi connectivity index (χ1v) is 13.6. The average Bonchev–Trinajstić information content (AvgIpc) is 3.30. The molecular formula is C30H35N3O2S. The van der Waals surface area contributed by atoms with E-state index >= 15 is 0 Å². The van der Waals surface area contributed by atoms with Crippen LogP contribution in [0, 0.1) is 6.92 Å². The predicted octanol–water partition coefficient (Wildman–Crippen LogP) is 5.91. The van der Waals surface area contributed by atoms with Crippen LogP contribution in [0.3, 0.4) is 0 Å². The second-order valence-corrected chi connectivity index (χ2v) is 10.1. The van der Waals surface area contributed by atoms with Crippen LogP contribution in [0.25, 0.3) is 5.57 Å². The quantitative estimate of drug-likeness (QED) is 0.404. The molecule has 6 heteroatoms. The minimum Gasteiger partial charge on any atom is -0.339 e. The first kappa shape index (κ1) is 25.9. The second kappa shape index (κ2) is 12.2. The zero-order valence-corrected chi connectivity index (χ0v) is 22.2. The molecule has 3 aromatic rings. The van der Waals surface area contributed by atoms with E-state index in [-0.39, 0.29) is 11.8 Å². The number of hydrogen-bond donors (Lipinski definition) is 2. The van der Waals surface area contributed by atoms with Gasteiger partial charge in [0, 0.05) is 29.2 Å². The molecule has 1 aliphatic rings. The Morgan fingerprint density at radius 2 is 1.64 bits per heavy atom. The lowest BCUT2D eigenvalue weighted by atomic mass is 9.88. The number of anilines is 1. The molecule has 5 nitrogen and oxygen atoms in total. The standard InChI is InChI=1S/C30H35N3O2S/c1-4-33(5-2)30(35)24-11-9-22(10-12-24)29(23-13-16-31-17-14-23)25-7-6-8-26(19-25)32-28(34)20-27-21(3)15-18-36-27/h6-12,15,18-19,31H,4-5,13-14,16-17,20H2,1-3H3,(H,32,34). The second-order valence-electron chi connectivity index (χ2n) is 9.12. The average molecular weight is 502 g/mol. The third kappa shape index (κ3) is 6.12. The first-order chi connectivity index (χ1) is 17.5. The maximum absolute atomic E-state index is 12.8. The highest BCUT2D eigenvalue weighted by atomic mass is 32.1. The maximum Gasteiger partial charge on any atom is 0.253 e. The number of amides is 2. The van der Waals surface area contributed by atoms with Crippen LogP contribution in [-0.2, 0) is 11.2 Å². The van der Waals surface area contributed by atoms with Crippen LogP contribution in [-0.4, -0.2) is 42.9 Å². The van der Waals surface area contributed by atoms with Crippen LogP contribution in [0.5, 0.6) is 0 Å². The van der Waals surface area contributed by atoms with Gasteiger partial charge in [-0.25, -0.2) is 0 Å². The number of carbonyl (C=O) groups is 2. The molecule has 0 saturated carbocycles. The Morgan fingerprint density at radius 3 is 2.28 bits per heavy atom. The number of aryl methyl sites for hydroxylation is 1. The molecule has 0 aliphatic carbocycles. The molecule has 1 aliphatic heterocycles. The molecule has 0 bridgehead atoms. The summed E-state index contributed by atoms with van der Waals surface area (Å²) in [5, 5.41) is 8.56. The van der Waals surface area contributed by atoms with Crippen molar-refractivity contribution in [2.75, 3.05) is 31.5 Å². The molecule has 188 valence electrons. The van der Waals surface area contributed by atoms with Crippen molar-refractivity contribution in [3.05, 3.63) is 92.7 Å². The molecule has 1 aromatic heterocycles. The summed E-state index contributed by atoms with van der Waals surface area (Å²) >= 11 is 1.62. The molecule has 0 unspecified atom stereocenters. The first-order valence-electron chi connectivity index (χ1n) is 12.8. The van der Waals surface area contributed by atoms with Gasteiger partial charge in [-0.1, -0.05) is 29.8 Å². The molecule has 1 fully saturated rings. The lowest BCUT2D eigenvalue weighted by molar-refractivity contribution is -0.115. The van der Waals surface area contributed by atoms with Crippen LogP contribution in [0.15, 0.2) is 65.6 Å². The Bertz CT molecular complexity index is 1230. The monoisotopic (exact) mass is 501 g/mol. The summed E-state index contributed by atoms with van der Waals surface area (Å²) in [6.07, 6.45) is 2.34. The van der Waals surface area contributed by atoms with Crippen molar-refractivity contribution in [3.63, 3.8) is 0 Å². The van der Waals surface area contributed by atoms with Crippen molar-refractivity contribution in [1.29, 1.82) is 0 Å². The Labute approximate surface area is 218 Å². The zero-order chi connectivity index (χ0) is 25.5. The molecule has 0 atom stereocenters. The largest absolute Gasteiger partial charge is 0.339 e. The van der Waals surface area contributed by atoms with Crippen LogP contribution >= 0.6 is 11.3 Å². The molecule has 4 rings (SSSR count). The van der Waals surface area contributed by atoms with Gasteiger partial charge in [-0.2, -0.15) is 0 Å². The summed E-state index contributed by atoms with van der Waals surface area (Å²) in [4.78, 5) is 28.5. The van der Waals surface area contributed by atoms with Crippen LogP contribution in [0.2, 0.25) is 0 Å². The van der Waals surface area contributed by atoms with Gasteiger partial charge in [0.05, 0.1) is 6.42 Å². The molecular weight excluding hydrogens is 466 g/mol. The number of carbonyl (C=O) groups excluding carboxylic acids is 2. The number of rotatable bonds is 8. The maximum atomic E-state index is 12.8. The normalized spacial score (nSPS) is 13.4. The fourth-order valence-corrected chi connectivity index (χ4v) is 5.62. The summed E-state index contributed by atoms with van der Waals surface area (Å²) in [7, 11) is 0.